The molecule has 2 aromatic rings. The van der Waals surface area contributed by atoms with Crippen molar-refractivity contribution in [3.8, 4) is 5.75 Å². The zero-order chi connectivity index (χ0) is 18.5. The fraction of sp³-hybridized carbons (Fsp3) is 0.263. The number of carbonyl (C=O) groups excluding carboxylic acids is 1. The fourth-order valence-electron chi connectivity index (χ4n) is 3.60. The van der Waals surface area contributed by atoms with Crippen LogP contribution in [0.4, 0.5) is 5.69 Å². The Morgan fingerprint density at radius 2 is 2.08 bits per heavy atom. The monoisotopic (exact) mass is 388 g/mol. The van der Waals surface area contributed by atoms with Crippen LogP contribution in [0.3, 0.4) is 0 Å². The first-order chi connectivity index (χ1) is 12.4. The van der Waals surface area contributed by atoms with Crippen molar-refractivity contribution in [1.82, 2.24) is 5.32 Å². The Morgan fingerprint density at radius 3 is 2.77 bits per heavy atom. The molecule has 2 aliphatic rings. The van der Waals surface area contributed by atoms with Crippen LogP contribution in [-0.4, -0.2) is 23.9 Å². The summed E-state index contributed by atoms with van der Waals surface area (Å²) in [7, 11) is 1.37. The summed E-state index contributed by atoms with van der Waals surface area (Å²) in [5, 5.41) is 4.60. The zero-order valence-electron chi connectivity index (χ0n) is 14.3. The molecule has 0 spiro atoms. The Morgan fingerprint density at radius 1 is 1.35 bits per heavy atom. The molecule has 0 amide bonds. The number of ether oxygens (including phenoxy) is 2. The number of nitrogens with zero attached hydrogens (tertiary/aromatic N) is 1. The molecule has 4 rings (SSSR count). The van der Waals surface area contributed by atoms with Crippen LogP contribution in [-0.2, 0) is 4.74 Å². The number of thiocarbonyl (C=S) groups is 1. The number of rotatable bonds is 2. The van der Waals surface area contributed by atoms with Gasteiger partial charge in [0.05, 0.1) is 18.7 Å². The van der Waals surface area contributed by atoms with Gasteiger partial charge >= 0.3 is 5.97 Å². The Labute approximate surface area is 161 Å². The summed E-state index contributed by atoms with van der Waals surface area (Å²) in [6.45, 7) is 2.01. The molecule has 26 heavy (non-hydrogen) atoms. The summed E-state index contributed by atoms with van der Waals surface area (Å²) >= 11 is 11.6. The molecule has 1 saturated heterocycles. The molecule has 0 saturated carbocycles. The van der Waals surface area contributed by atoms with Crippen molar-refractivity contribution in [2.45, 2.75) is 25.1 Å². The second-order valence-electron chi connectivity index (χ2n) is 6.54. The average Bonchev–Trinajstić information content (AvgIpc) is 2.61. The molecule has 1 fully saturated rings. The van der Waals surface area contributed by atoms with Crippen LogP contribution in [0.25, 0.3) is 0 Å². The number of halogens is 1. The Balaban J connectivity index is 1.75. The van der Waals surface area contributed by atoms with Crippen LogP contribution in [0.2, 0.25) is 5.02 Å². The van der Waals surface area contributed by atoms with E-state index in [2.05, 4.69) is 5.32 Å². The van der Waals surface area contributed by atoms with E-state index in [4.69, 9.17) is 33.3 Å². The minimum Gasteiger partial charge on any atom is -0.467 e. The largest absolute Gasteiger partial charge is 0.467 e. The standard InChI is InChI=1S/C19H17ClN2O3S/c1-19-10-15(14-9-11(17(23)24-2)3-8-16(14)25-19)21-18(26)22(19)13-6-4-12(20)5-7-13/h3-9,15H,10H2,1-2H3,(H,21,26)/t15-,19+/m1/s1. The highest BCUT2D eigenvalue weighted by Crippen LogP contribution is 2.45. The van der Waals surface area contributed by atoms with Crippen molar-refractivity contribution in [3.63, 3.8) is 0 Å². The van der Waals surface area contributed by atoms with Gasteiger partial charge in [-0.1, -0.05) is 11.6 Å². The maximum Gasteiger partial charge on any atom is 0.337 e. The lowest BCUT2D eigenvalue weighted by molar-refractivity contribution is 0.0494. The van der Waals surface area contributed by atoms with Gasteiger partial charge in [0.1, 0.15) is 5.75 Å². The molecule has 5 nitrogen and oxygen atoms in total. The molecule has 2 aromatic carbocycles. The number of esters is 1. The molecule has 134 valence electrons. The van der Waals surface area contributed by atoms with Crippen LogP contribution in [0.1, 0.15) is 35.3 Å². The van der Waals surface area contributed by atoms with E-state index >= 15 is 0 Å². The van der Waals surface area contributed by atoms with Crippen molar-refractivity contribution in [2.75, 3.05) is 12.0 Å². The summed E-state index contributed by atoms with van der Waals surface area (Å²) in [4.78, 5) is 13.8. The van der Waals surface area contributed by atoms with E-state index in [1.807, 2.05) is 42.2 Å². The SMILES string of the molecule is COC(=O)c1ccc2c(c1)[C@H]1C[C@](C)(O2)N(c2ccc(Cl)cc2)C(=S)N1. The first-order valence-electron chi connectivity index (χ1n) is 8.19. The fourth-order valence-corrected chi connectivity index (χ4v) is 4.17. The molecule has 2 aliphatic heterocycles. The zero-order valence-corrected chi connectivity index (χ0v) is 15.9. The van der Waals surface area contributed by atoms with Crippen molar-refractivity contribution < 1.29 is 14.3 Å². The average molecular weight is 389 g/mol. The minimum absolute atomic E-state index is 0.0376. The molecule has 7 heteroatoms. The second-order valence-corrected chi connectivity index (χ2v) is 7.36. The van der Waals surface area contributed by atoms with Crippen LogP contribution >= 0.6 is 23.8 Å². The third-order valence-electron chi connectivity index (χ3n) is 4.78. The quantitative estimate of drug-likeness (QED) is 0.618. The summed E-state index contributed by atoms with van der Waals surface area (Å²) in [5.41, 5.74) is 1.66. The van der Waals surface area contributed by atoms with Gasteiger partial charge in [0, 0.05) is 22.7 Å². The van der Waals surface area contributed by atoms with Gasteiger partial charge in [0.2, 0.25) is 0 Å². The molecule has 1 N–H and O–H groups in total. The number of fused-ring (bicyclic) bond motifs is 4. The van der Waals surface area contributed by atoms with E-state index in [9.17, 15) is 4.79 Å². The van der Waals surface area contributed by atoms with Gasteiger partial charge in [-0.25, -0.2) is 4.79 Å². The number of carbonyl (C=O) groups is 1. The highest BCUT2D eigenvalue weighted by molar-refractivity contribution is 7.80. The lowest BCUT2D eigenvalue weighted by Gasteiger charge is -2.52. The Hall–Kier alpha value is -2.31. The van der Waals surface area contributed by atoms with E-state index < -0.39 is 5.72 Å². The van der Waals surface area contributed by atoms with E-state index in [0.29, 0.717) is 22.1 Å². The van der Waals surface area contributed by atoms with E-state index in [-0.39, 0.29) is 12.0 Å². The highest BCUT2D eigenvalue weighted by Gasteiger charge is 2.48. The predicted molar refractivity (Wildman–Crippen MR) is 104 cm³/mol. The van der Waals surface area contributed by atoms with Crippen LogP contribution < -0.4 is 15.0 Å². The van der Waals surface area contributed by atoms with Crippen LogP contribution in [0, 0.1) is 0 Å². The van der Waals surface area contributed by atoms with Gasteiger partial charge in [0.25, 0.3) is 0 Å². The smallest absolute Gasteiger partial charge is 0.337 e. The summed E-state index contributed by atoms with van der Waals surface area (Å²) < 4.78 is 11.2. The normalized spacial score (nSPS) is 23.6. The number of hydrogen-bond acceptors (Lipinski definition) is 4. The van der Waals surface area contributed by atoms with Gasteiger partial charge in [-0.15, -0.1) is 0 Å². The van der Waals surface area contributed by atoms with E-state index in [0.717, 1.165) is 17.0 Å². The third-order valence-corrected chi connectivity index (χ3v) is 5.33. The van der Waals surface area contributed by atoms with Crippen molar-refractivity contribution >= 4 is 40.6 Å². The Bertz CT molecular complexity index is 902. The van der Waals surface area contributed by atoms with Crippen molar-refractivity contribution in [2.24, 2.45) is 0 Å². The number of hydrogen-bond donors (Lipinski definition) is 1. The maximum absolute atomic E-state index is 11.8. The second kappa shape index (κ2) is 6.14. The Kier molecular flexibility index (Phi) is 4.04. The van der Waals surface area contributed by atoms with Gasteiger partial charge in [0.15, 0.2) is 10.8 Å². The lowest BCUT2D eigenvalue weighted by Crippen LogP contribution is -2.65. The molecule has 0 aliphatic carbocycles. The highest BCUT2D eigenvalue weighted by atomic mass is 35.5. The van der Waals surface area contributed by atoms with Crippen molar-refractivity contribution in [1.29, 1.82) is 0 Å². The summed E-state index contributed by atoms with van der Waals surface area (Å²) in [5.74, 6) is 0.354. The number of benzene rings is 2. The van der Waals surface area contributed by atoms with Gasteiger partial charge in [-0.2, -0.15) is 0 Å². The minimum atomic E-state index is -0.638. The summed E-state index contributed by atoms with van der Waals surface area (Å²) in [6, 6.07) is 12.8. The first-order valence-corrected chi connectivity index (χ1v) is 8.97. The maximum atomic E-state index is 11.8. The molecule has 2 atom stereocenters. The van der Waals surface area contributed by atoms with E-state index in [1.54, 1.807) is 12.1 Å². The topological polar surface area (TPSA) is 50.8 Å². The molecular formula is C19H17ClN2O3S. The molecule has 2 bridgehead atoms. The van der Waals surface area contributed by atoms with E-state index in [1.165, 1.54) is 7.11 Å². The van der Waals surface area contributed by atoms with Gasteiger partial charge in [-0.3, -0.25) is 4.90 Å². The van der Waals surface area contributed by atoms with Crippen LogP contribution in [0.5, 0.6) is 5.75 Å². The third kappa shape index (κ3) is 2.70. The summed E-state index contributed by atoms with van der Waals surface area (Å²) in [6.07, 6.45) is 0.674. The lowest BCUT2D eigenvalue weighted by atomic mass is 9.89. The molecular weight excluding hydrogens is 372 g/mol. The molecule has 0 aromatic heterocycles. The first kappa shape index (κ1) is 17.1. The van der Waals surface area contributed by atoms with Crippen molar-refractivity contribution in [3.05, 3.63) is 58.6 Å². The molecule has 2 heterocycles. The number of methoxy groups -OCH3 is 1. The predicted octanol–water partition coefficient (Wildman–Crippen LogP) is 4.06. The van der Waals surface area contributed by atoms with Gasteiger partial charge in [-0.05, 0) is 61.6 Å². The number of anilines is 1. The molecule has 0 unspecified atom stereocenters. The number of nitrogens with one attached hydrogen (secondary N) is 1. The van der Waals surface area contributed by atoms with Gasteiger partial charge < -0.3 is 14.8 Å². The van der Waals surface area contributed by atoms with Crippen LogP contribution in [0.15, 0.2) is 42.5 Å². The molecule has 0 radical (unpaired) electrons.